The van der Waals surface area contributed by atoms with Gasteiger partial charge in [0.05, 0.1) is 6.61 Å². The van der Waals surface area contributed by atoms with Crippen molar-refractivity contribution >= 4 is 16.7 Å². The number of amides is 1. The van der Waals surface area contributed by atoms with Crippen LogP contribution in [0.2, 0.25) is 0 Å². The van der Waals surface area contributed by atoms with Gasteiger partial charge in [-0.3, -0.25) is 4.79 Å². The first-order valence-electron chi connectivity index (χ1n) is 12.1. The van der Waals surface area contributed by atoms with Gasteiger partial charge in [-0.2, -0.15) is 0 Å². The molecule has 4 aromatic rings. The summed E-state index contributed by atoms with van der Waals surface area (Å²) in [6.07, 6.45) is 1.70. The average Bonchev–Trinajstić information content (AvgIpc) is 2.90. The number of benzene rings is 4. The summed E-state index contributed by atoms with van der Waals surface area (Å²) in [6.45, 7) is 2.26. The summed E-state index contributed by atoms with van der Waals surface area (Å²) in [7, 11) is 0. The smallest absolute Gasteiger partial charge is 0.248 e. The van der Waals surface area contributed by atoms with Crippen LogP contribution in [-0.2, 0) is 6.42 Å². The van der Waals surface area contributed by atoms with E-state index >= 15 is 0 Å². The van der Waals surface area contributed by atoms with Gasteiger partial charge in [0.2, 0.25) is 5.91 Å². The molecule has 1 aliphatic heterocycles. The van der Waals surface area contributed by atoms with Gasteiger partial charge in [0.25, 0.3) is 0 Å². The number of piperidine rings is 1. The van der Waals surface area contributed by atoms with Crippen LogP contribution < -0.4 is 20.5 Å². The lowest BCUT2D eigenvalue weighted by Gasteiger charge is -2.33. The number of ether oxygens (including phenoxy) is 2. The third kappa shape index (κ3) is 5.47. The predicted octanol–water partition coefficient (Wildman–Crippen LogP) is 5.08. The van der Waals surface area contributed by atoms with Gasteiger partial charge in [0.1, 0.15) is 17.6 Å². The molecule has 4 aromatic carbocycles. The molecule has 1 saturated heterocycles. The molecule has 1 amide bonds. The summed E-state index contributed by atoms with van der Waals surface area (Å²) in [6, 6.07) is 30.3. The summed E-state index contributed by atoms with van der Waals surface area (Å²) in [5.74, 6) is 1.61. The zero-order valence-electron chi connectivity index (χ0n) is 19.7. The molecule has 5 heteroatoms. The van der Waals surface area contributed by atoms with Crippen LogP contribution in [0, 0.1) is 0 Å². The van der Waals surface area contributed by atoms with Crippen molar-refractivity contribution in [1.82, 2.24) is 5.32 Å². The minimum absolute atomic E-state index is 0.0574. The fourth-order valence-electron chi connectivity index (χ4n) is 4.82. The first-order valence-corrected chi connectivity index (χ1v) is 12.1. The number of carbonyl (C=O) groups is 1. The van der Waals surface area contributed by atoms with Crippen molar-refractivity contribution in [3.05, 3.63) is 108 Å². The van der Waals surface area contributed by atoms with Crippen LogP contribution in [0.1, 0.15) is 33.8 Å². The molecule has 0 saturated carbocycles. The van der Waals surface area contributed by atoms with Crippen molar-refractivity contribution in [2.24, 2.45) is 5.73 Å². The maximum Gasteiger partial charge on any atom is 0.248 e. The lowest BCUT2D eigenvalue weighted by molar-refractivity contribution is 0.0999. The summed E-state index contributed by atoms with van der Waals surface area (Å²) < 4.78 is 12.4. The second-order valence-electron chi connectivity index (χ2n) is 8.95. The normalized spacial score (nSPS) is 17.7. The van der Waals surface area contributed by atoms with E-state index in [9.17, 15) is 4.79 Å². The van der Waals surface area contributed by atoms with Crippen molar-refractivity contribution in [2.75, 3.05) is 19.7 Å². The number of carbonyl (C=O) groups excluding carboxylic acids is 1. The molecule has 5 rings (SSSR count). The standard InChI is InChI=1S/C30H30N2O3/c31-30(33)28-8-4-3-6-22(28)16-18-34-25-12-10-23(11-13-25)27-15-17-32-20-29(27)35-26-14-9-21-5-1-2-7-24(21)19-26/h1-14,19,27,29,32H,15-18,20H2,(H2,31,33). The summed E-state index contributed by atoms with van der Waals surface area (Å²) >= 11 is 0. The predicted molar refractivity (Wildman–Crippen MR) is 139 cm³/mol. The Morgan fingerprint density at radius 2 is 1.63 bits per heavy atom. The van der Waals surface area contributed by atoms with Crippen LogP contribution in [0.5, 0.6) is 11.5 Å². The Bertz CT molecular complexity index is 1300. The molecule has 178 valence electrons. The Labute approximate surface area is 205 Å². The van der Waals surface area contributed by atoms with E-state index < -0.39 is 5.91 Å². The van der Waals surface area contributed by atoms with Crippen molar-refractivity contribution in [2.45, 2.75) is 24.9 Å². The van der Waals surface area contributed by atoms with E-state index in [0.29, 0.717) is 24.5 Å². The Morgan fingerprint density at radius 1 is 0.886 bits per heavy atom. The van der Waals surface area contributed by atoms with E-state index in [1.165, 1.54) is 16.3 Å². The number of fused-ring (bicyclic) bond motifs is 1. The SMILES string of the molecule is NC(=O)c1ccccc1CCOc1ccc(C2CCNCC2Oc2ccc3ccccc3c2)cc1. The van der Waals surface area contributed by atoms with Crippen molar-refractivity contribution in [1.29, 1.82) is 0 Å². The minimum atomic E-state index is -0.410. The molecule has 0 bridgehead atoms. The van der Waals surface area contributed by atoms with E-state index in [-0.39, 0.29) is 6.10 Å². The van der Waals surface area contributed by atoms with Gasteiger partial charge < -0.3 is 20.5 Å². The number of hydrogen-bond donors (Lipinski definition) is 2. The maximum atomic E-state index is 11.6. The molecule has 1 heterocycles. The van der Waals surface area contributed by atoms with Crippen molar-refractivity contribution in [3.8, 4) is 11.5 Å². The molecule has 0 spiro atoms. The van der Waals surface area contributed by atoms with Crippen LogP contribution in [0.15, 0.2) is 91.0 Å². The molecular weight excluding hydrogens is 436 g/mol. The first kappa shape index (κ1) is 22.9. The van der Waals surface area contributed by atoms with Crippen LogP contribution in [0.25, 0.3) is 10.8 Å². The maximum absolute atomic E-state index is 11.6. The second-order valence-corrected chi connectivity index (χ2v) is 8.95. The Balaban J connectivity index is 1.23. The highest BCUT2D eigenvalue weighted by Gasteiger charge is 2.28. The highest BCUT2D eigenvalue weighted by atomic mass is 16.5. The molecular formula is C30H30N2O3. The van der Waals surface area contributed by atoms with Gasteiger partial charge in [0, 0.05) is 24.4 Å². The van der Waals surface area contributed by atoms with E-state index in [1.807, 2.05) is 30.3 Å². The van der Waals surface area contributed by atoms with Crippen LogP contribution in [-0.4, -0.2) is 31.7 Å². The quantitative estimate of drug-likeness (QED) is 0.380. The molecule has 35 heavy (non-hydrogen) atoms. The first-order chi connectivity index (χ1) is 17.2. The topological polar surface area (TPSA) is 73.6 Å². The second kappa shape index (κ2) is 10.6. The number of rotatable bonds is 8. The molecule has 0 aromatic heterocycles. The summed E-state index contributed by atoms with van der Waals surface area (Å²) in [5.41, 5.74) is 8.18. The number of nitrogens with one attached hydrogen (secondary N) is 1. The van der Waals surface area contributed by atoms with E-state index in [4.69, 9.17) is 15.2 Å². The van der Waals surface area contributed by atoms with Crippen LogP contribution in [0.3, 0.4) is 0 Å². The molecule has 2 unspecified atom stereocenters. The monoisotopic (exact) mass is 466 g/mol. The molecule has 1 aliphatic rings. The molecule has 0 radical (unpaired) electrons. The average molecular weight is 467 g/mol. The molecule has 0 aliphatic carbocycles. The Hall–Kier alpha value is -3.83. The van der Waals surface area contributed by atoms with Crippen molar-refractivity contribution in [3.63, 3.8) is 0 Å². The van der Waals surface area contributed by atoms with Crippen LogP contribution in [0.4, 0.5) is 0 Å². The lowest BCUT2D eigenvalue weighted by atomic mass is 9.87. The zero-order valence-corrected chi connectivity index (χ0v) is 19.7. The van der Waals surface area contributed by atoms with Gasteiger partial charge in [0.15, 0.2) is 0 Å². The van der Waals surface area contributed by atoms with E-state index in [2.05, 4.69) is 59.9 Å². The minimum Gasteiger partial charge on any atom is -0.493 e. The highest BCUT2D eigenvalue weighted by molar-refractivity contribution is 5.94. The fraction of sp³-hybridized carbons (Fsp3) is 0.233. The van der Waals surface area contributed by atoms with Crippen LogP contribution >= 0.6 is 0 Å². The van der Waals surface area contributed by atoms with Crippen molar-refractivity contribution < 1.29 is 14.3 Å². The Kier molecular flexibility index (Phi) is 6.96. The third-order valence-electron chi connectivity index (χ3n) is 6.67. The molecule has 2 atom stereocenters. The van der Waals surface area contributed by atoms with Gasteiger partial charge in [-0.25, -0.2) is 0 Å². The van der Waals surface area contributed by atoms with Gasteiger partial charge in [-0.05, 0) is 65.2 Å². The lowest BCUT2D eigenvalue weighted by Crippen LogP contribution is -2.42. The Morgan fingerprint density at radius 3 is 2.46 bits per heavy atom. The van der Waals surface area contributed by atoms with Gasteiger partial charge in [-0.15, -0.1) is 0 Å². The molecule has 3 N–H and O–H groups in total. The van der Waals surface area contributed by atoms with Gasteiger partial charge >= 0.3 is 0 Å². The van der Waals surface area contributed by atoms with E-state index in [0.717, 1.165) is 36.6 Å². The van der Waals surface area contributed by atoms with E-state index in [1.54, 1.807) is 6.07 Å². The van der Waals surface area contributed by atoms with Gasteiger partial charge in [-0.1, -0.05) is 60.7 Å². The molecule has 5 nitrogen and oxygen atoms in total. The zero-order chi connectivity index (χ0) is 24.0. The summed E-state index contributed by atoms with van der Waals surface area (Å²) in [5, 5.41) is 5.88. The molecule has 1 fully saturated rings. The largest absolute Gasteiger partial charge is 0.493 e. The number of nitrogens with two attached hydrogens (primary N) is 1. The highest BCUT2D eigenvalue weighted by Crippen LogP contribution is 2.31. The third-order valence-corrected chi connectivity index (χ3v) is 6.67. The summed E-state index contributed by atoms with van der Waals surface area (Å²) in [4.78, 5) is 11.6. The number of primary amides is 1. The number of hydrogen-bond acceptors (Lipinski definition) is 4. The fourth-order valence-corrected chi connectivity index (χ4v) is 4.82.